The summed E-state index contributed by atoms with van der Waals surface area (Å²) in [5, 5.41) is 0.711. The van der Waals surface area contributed by atoms with E-state index in [9.17, 15) is 9.59 Å². The fourth-order valence-corrected chi connectivity index (χ4v) is 4.81. The number of nitrogens with zero attached hydrogens (tertiary/aromatic N) is 2. The van der Waals surface area contributed by atoms with Gasteiger partial charge in [0.05, 0.1) is 12.2 Å². The molecule has 0 bridgehead atoms. The molecule has 2 aliphatic heterocycles. The monoisotopic (exact) mass is 418 g/mol. The average molecular weight is 418 g/mol. The fourth-order valence-electron chi connectivity index (χ4n) is 4.81. The van der Waals surface area contributed by atoms with Gasteiger partial charge in [-0.3, -0.25) is 9.59 Å². The highest BCUT2D eigenvalue weighted by atomic mass is 16.5. The first kappa shape index (κ1) is 19.7. The Bertz CT molecular complexity index is 1140. The van der Waals surface area contributed by atoms with Crippen molar-refractivity contribution < 1.29 is 18.7 Å². The van der Waals surface area contributed by atoms with Crippen LogP contribution in [0.25, 0.3) is 22.3 Å². The van der Waals surface area contributed by atoms with Crippen LogP contribution in [0.3, 0.4) is 0 Å². The number of hydrogen-bond acceptors (Lipinski definition) is 4. The maximum absolute atomic E-state index is 13.9. The number of fused-ring (bicyclic) bond motifs is 2. The highest BCUT2D eigenvalue weighted by Gasteiger charge is 2.43. The summed E-state index contributed by atoms with van der Waals surface area (Å²) in [4.78, 5) is 30.5. The van der Waals surface area contributed by atoms with Gasteiger partial charge in [0.2, 0.25) is 5.91 Å². The number of carbonyl (C=O) groups is 2. The molecule has 0 spiro atoms. The van der Waals surface area contributed by atoms with E-state index >= 15 is 0 Å². The van der Waals surface area contributed by atoms with Crippen molar-refractivity contribution in [3.8, 4) is 17.1 Å². The number of benzene rings is 2. The first-order chi connectivity index (χ1) is 15.1. The van der Waals surface area contributed by atoms with E-state index in [2.05, 4.69) is 0 Å². The Morgan fingerprint density at radius 3 is 2.77 bits per heavy atom. The second kappa shape index (κ2) is 7.76. The molecule has 160 valence electrons. The van der Waals surface area contributed by atoms with E-state index in [4.69, 9.17) is 9.15 Å². The van der Waals surface area contributed by atoms with Gasteiger partial charge in [0.1, 0.15) is 23.1 Å². The van der Waals surface area contributed by atoms with Gasteiger partial charge in [-0.2, -0.15) is 0 Å². The zero-order chi connectivity index (χ0) is 21.5. The van der Waals surface area contributed by atoms with E-state index in [0.29, 0.717) is 41.2 Å². The number of amides is 2. The molecule has 1 aromatic heterocycles. The number of hydrogen-bond donors (Lipinski definition) is 0. The van der Waals surface area contributed by atoms with Crippen LogP contribution in [0, 0.1) is 0 Å². The molecule has 2 saturated heterocycles. The zero-order valence-electron chi connectivity index (χ0n) is 17.8. The smallest absolute Gasteiger partial charge is 0.259 e. The summed E-state index contributed by atoms with van der Waals surface area (Å²) >= 11 is 0. The second-order valence-corrected chi connectivity index (χ2v) is 8.22. The lowest BCUT2D eigenvalue weighted by Gasteiger charge is -2.41. The predicted octanol–water partition coefficient (Wildman–Crippen LogP) is 4.33. The van der Waals surface area contributed by atoms with Crippen LogP contribution >= 0.6 is 0 Å². The van der Waals surface area contributed by atoms with Crippen molar-refractivity contribution in [1.29, 1.82) is 0 Å². The molecule has 0 saturated carbocycles. The normalized spacial score (nSPS) is 20.9. The third-order valence-electron chi connectivity index (χ3n) is 6.37. The summed E-state index contributed by atoms with van der Waals surface area (Å²) in [6.07, 6.45) is 1.93. The molecule has 6 heteroatoms. The maximum Gasteiger partial charge on any atom is 0.259 e. The van der Waals surface area contributed by atoms with Crippen LogP contribution in [0.15, 0.2) is 52.9 Å². The molecule has 0 unspecified atom stereocenters. The van der Waals surface area contributed by atoms with Gasteiger partial charge in [-0.05, 0) is 44.9 Å². The molecule has 2 amide bonds. The summed E-state index contributed by atoms with van der Waals surface area (Å²) in [5.41, 5.74) is 1.96. The third kappa shape index (κ3) is 3.26. The molecule has 2 atom stereocenters. The fraction of sp³-hybridized carbons (Fsp3) is 0.360. The topological polar surface area (TPSA) is 63.0 Å². The lowest BCUT2D eigenvalue weighted by atomic mass is 10.0. The molecule has 6 nitrogen and oxygen atoms in total. The van der Waals surface area contributed by atoms with Gasteiger partial charge in [0.25, 0.3) is 5.91 Å². The van der Waals surface area contributed by atoms with E-state index in [0.717, 1.165) is 24.9 Å². The van der Waals surface area contributed by atoms with Crippen LogP contribution in [-0.4, -0.2) is 53.4 Å². The van der Waals surface area contributed by atoms with E-state index in [1.807, 2.05) is 67.3 Å². The van der Waals surface area contributed by atoms with E-state index in [-0.39, 0.29) is 17.9 Å². The number of carbonyl (C=O) groups excluding carboxylic acids is 2. The van der Waals surface area contributed by atoms with Crippen molar-refractivity contribution in [2.45, 2.75) is 38.8 Å². The standard InChI is InChI=1S/C25H26N2O4/c1-3-30-19-11-12-21-20(14-19)22(23(31-21)17-8-5-4-6-9-17)25(29)27-15-18-10-7-13-26(18)24(28)16(27)2/h4-6,8-9,11-12,14,16,18H,3,7,10,13,15H2,1-2H3/t16-,18+/m0/s1. The predicted molar refractivity (Wildman–Crippen MR) is 118 cm³/mol. The minimum absolute atomic E-state index is 0.0335. The van der Waals surface area contributed by atoms with Crippen molar-refractivity contribution in [2.75, 3.05) is 19.7 Å². The van der Waals surface area contributed by atoms with Gasteiger partial charge >= 0.3 is 0 Å². The van der Waals surface area contributed by atoms with Crippen LogP contribution in [-0.2, 0) is 4.79 Å². The van der Waals surface area contributed by atoms with Crippen molar-refractivity contribution in [3.63, 3.8) is 0 Å². The molecule has 0 aliphatic carbocycles. The Morgan fingerprint density at radius 1 is 1.19 bits per heavy atom. The van der Waals surface area contributed by atoms with Crippen LogP contribution in [0.2, 0.25) is 0 Å². The van der Waals surface area contributed by atoms with Gasteiger partial charge in [-0.25, -0.2) is 0 Å². The average Bonchev–Trinajstić information content (AvgIpc) is 3.41. The molecule has 2 aromatic carbocycles. The van der Waals surface area contributed by atoms with E-state index in [1.165, 1.54) is 0 Å². The summed E-state index contributed by atoms with van der Waals surface area (Å²) in [6, 6.07) is 14.8. The Hall–Kier alpha value is -3.28. The van der Waals surface area contributed by atoms with Crippen molar-refractivity contribution in [3.05, 3.63) is 54.1 Å². The van der Waals surface area contributed by atoms with Crippen molar-refractivity contribution in [2.24, 2.45) is 0 Å². The SMILES string of the molecule is CCOc1ccc2oc(-c3ccccc3)c(C(=O)N3C[C@H]4CCCN4C(=O)[C@@H]3C)c2c1. The van der Waals surface area contributed by atoms with Crippen LogP contribution in [0.1, 0.15) is 37.0 Å². The molecule has 3 heterocycles. The Kier molecular flexibility index (Phi) is 4.93. The number of furan rings is 1. The Balaban J connectivity index is 1.64. The number of piperazine rings is 1. The Morgan fingerprint density at radius 2 is 2.00 bits per heavy atom. The van der Waals surface area contributed by atoms with Crippen molar-refractivity contribution >= 4 is 22.8 Å². The summed E-state index contributed by atoms with van der Waals surface area (Å²) in [7, 11) is 0. The van der Waals surface area contributed by atoms with Crippen LogP contribution in [0.5, 0.6) is 5.75 Å². The lowest BCUT2D eigenvalue weighted by molar-refractivity contribution is -0.141. The van der Waals surface area contributed by atoms with Crippen molar-refractivity contribution in [1.82, 2.24) is 9.80 Å². The third-order valence-corrected chi connectivity index (χ3v) is 6.37. The Labute approximate surface area is 181 Å². The van der Waals surface area contributed by atoms with Gasteiger partial charge in [-0.1, -0.05) is 30.3 Å². The molecular weight excluding hydrogens is 392 g/mol. The lowest BCUT2D eigenvalue weighted by Crippen LogP contribution is -2.60. The molecule has 2 fully saturated rings. The minimum Gasteiger partial charge on any atom is -0.494 e. The maximum atomic E-state index is 13.9. The quantitative estimate of drug-likeness (QED) is 0.633. The first-order valence-electron chi connectivity index (χ1n) is 10.9. The molecule has 5 rings (SSSR count). The molecule has 0 radical (unpaired) electrons. The van der Waals surface area contributed by atoms with Gasteiger partial charge in [-0.15, -0.1) is 0 Å². The second-order valence-electron chi connectivity index (χ2n) is 8.22. The van der Waals surface area contributed by atoms with Crippen LogP contribution in [0.4, 0.5) is 0 Å². The van der Waals surface area contributed by atoms with Gasteiger partial charge in [0.15, 0.2) is 0 Å². The molecule has 3 aromatic rings. The number of rotatable bonds is 4. The molecule has 31 heavy (non-hydrogen) atoms. The largest absolute Gasteiger partial charge is 0.494 e. The zero-order valence-corrected chi connectivity index (χ0v) is 17.8. The van der Waals surface area contributed by atoms with E-state index in [1.54, 1.807) is 4.90 Å². The highest BCUT2D eigenvalue weighted by molar-refractivity contribution is 6.12. The van der Waals surface area contributed by atoms with E-state index < -0.39 is 6.04 Å². The first-order valence-corrected chi connectivity index (χ1v) is 10.9. The summed E-state index contributed by atoms with van der Waals surface area (Å²) < 4.78 is 11.9. The summed E-state index contributed by atoms with van der Waals surface area (Å²) in [5.74, 6) is 1.08. The van der Waals surface area contributed by atoms with Gasteiger partial charge < -0.3 is 19.0 Å². The highest BCUT2D eigenvalue weighted by Crippen LogP contribution is 2.37. The summed E-state index contributed by atoms with van der Waals surface area (Å²) in [6.45, 7) is 5.63. The number of ether oxygens (including phenoxy) is 1. The molecule has 2 aliphatic rings. The molecular formula is C25H26N2O4. The molecule has 0 N–H and O–H groups in total. The minimum atomic E-state index is -0.495. The van der Waals surface area contributed by atoms with Gasteiger partial charge in [0, 0.05) is 30.1 Å². The van der Waals surface area contributed by atoms with Crippen LogP contribution < -0.4 is 4.74 Å².